The lowest BCUT2D eigenvalue weighted by atomic mass is 10.0. The average molecular weight is 336 g/mol. The number of amides is 1. The van der Waals surface area contributed by atoms with E-state index in [1.807, 2.05) is 30.3 Å². The molecule has 25 heavy (non-hydrogen) atoms. The van der Waals surface area contributed by atoms with Crippen LogP contribution >= 0.6 is 0 Å². The summed E-state index contributed by atoms with van der Waals surface area (Å²) >= 11 is 0. The van der Waals surface area contributed by atoms with E-state index in [1.165, 1.54) is 18.4 Å². The van der Waals surface area contributed by atoms with Crippen LogP contribution in [0.3, 0.4) is 0 Å². The summed E-state index contributed by atoms with van der Waals surface area (Å²) < 4.78 is 5.46. The van der Waals surface area contributed by atoms with Crippen molar-refractivity contribution in [1.29, 1.82) is 0 Å². The molecule has 0 saturated carbocycles. The highest BCUT2D eigenvalue weighted by Gasteiger charge is 2.23. The third-order valence-corrected chi connectivity index (χ3v) is 3.98. The number of nitrogens with zero attached hydrogens (tertiary/aromatic N) is 1. The highest BCUT2D eigenvalue weighted by atomic mass is 16.6. The Labute approximate surface area is 144 Å². The van der Waals surface area contributed by atoms with Gasteiger partial charge in [0.15, 0.2) is 0 Å². The van der Waals surface area contributed by atoms with E-state index >= 15 is 0 Å². The molecule has 0 aliphatic carbocycles. The number of hydrogen-bond donors (Lipinski definition) is 1. The second-order valence-corrected chi connectivity index (χ2v) is 5.54. The number of carbonyl (C=O) groups is 1. The van der Waals surface area contributed by atoms with E-state index in [-0.39, 0.29) is 11.3 Å². The monoisotopic (exact) mass is 336 g/mol. The Morgan fingerprint density at radius 3 is 2.48 bits per heavy atom. The Balaban J connectivity index is 1.94. The SMILES string of the molecule is Cc1c(C(=O)NC(c2ccccc2)c2ccco2)cccc1[N+](=O)[O-]. The van der Waals surface area contributed by atoms with E-state index in [4.69, 9.17) is 4.42 Å². The van der Waals surface area contributed by atoms with Gasteiger partial charge in [0.2, 0.25) is 0 Å². The standard InChI is InChI=1S/C19H16N2O4/c1-13-15(9-5-10-16(13)21(23)24)19(22)20-18(17-11-6-12-25-17)14-7-3-2-4-8-14/h2-12,18H,1H3,(H,20,22). The molecule has 6 heteroatoms. The van der Waals surface area contributed by atoms with Gasteiger partial charge in [0.25, 0.3) is 11.6 Å². The predicted molar refractivity (Wildman–Crippen MR) is 92.3 cm³/mol. The molecular weight excluding hydrogens is 320 g/mol. The molecule has 0 radical (unpaired) electrons. The van der Waals surface area contributed by atoms with Crippen LogP contribution in [-0.2, 0) is 0 Å². The van der Waals surface area contributed by atoms with Crippen molar-refractivity contribution >= 4 is 11.6 Å². The van der Waals surface area contributed by atoms with E-state index in [2.05, 4.69) is 5.32 Å². The van der Waals surface area contributed by atoms with Crippen molar-refractivity contribution in [3.63, 3.8) is 0 Å². The Hall–Kier alpha value is -3.41. The van der Waals surface area contributed by atoms with Crippen LogP contribution in [0.15, 0.2) is 71.3 Å². The van der Waals surface area contributed by atoms with Crippen LogP contribution in [0.25, 0.3) is 0 Å². The van der Waals surface area contributed by atoms with E-state index in [9.17, 15) is 14.9 Å². The summed E-state index contributed by atoms with van der Waals surface area (Å²) in [5.74, 6) is 0.189. The smallest absolute Gasteiger partial charge is 0.273 e. The van der Waals surface area contributed by atoms with Crippen LogP contribution in [0.4, 0.5) is 5.69 Å². The number of furan rings is 1. The summed E-state index contributed by atoms with van der Waals surface area (Å²) in [5, 5.41) is 14.0. The molecule has 1 unspecified atom stereocenters. The fourth-order valence-electron chi connectivity index (χ4n) is 2.70. The first kappa shape index (κ1) is 16.4. The highest BCUT2D eigenvalue weighted by Crippen LogP contribution is 2.25. The maximum absolute atomic E-state index is 12.7. The first-order chi connectivity index (χ1) is 12.1. The van der Waals surface area contributed by atoms with Gasteiger partial charge in [0.05, 0.1) is 11.2 Å². The molecule has 3 aromatic rings. The van der Waals surface area contributed by atoms with Crippen LogP contribution in [0, 0.1) is 17.0 Å². The summed E-state index contributed by atoms with van der Waals surface area (Å²) in [6.45, 7) is 1.57. The molecule has 1 N–H and O–H groups in total. The largest absolute Gasteiger partial charge is 0.467 e. The zero-order valence-electron chi connectivity index (χ0n) is 13.5. The molecule has 126 valence electrons. The van der Waals surface area contributed by atoms with Crippen LogP contribution in [0.5, 0.6) is 0 Å². The molecule has 1 aromatic heterocycles. The van der Waals surface area contributed by atoms with E-state index in [0.29, 0.717) is 11.3 Å². The van der Waals surface area contributed by atoms with Gasteiger partial charge in [-0.2, -0.15) is 0 Å². The number of benzene rings is 2. The van der Waals surface area contributed by atoms with Gasteiger partial charge in [-0.1, -0.05) is 36.4 Å². The average Bonchev–Trinajstić information content (AvgIpc) is 3.14. The Morgan fingerprint density at radius 1 is 1.08 bits per heavy atom. The Kier molecular flexibility index (Phi) is 4.61. The normalized spacial score (nSPS) is 11.7. The molecule has 0 spiro atoms. The van der Waals surface area contributed by atoms with Crippen molar-refractivity contribution in [1.82, 2.24) is 5.32 Å². The second kappa shape index (κ2) is 7.00. The molecule has 2 aromatic carbocycles. The van der Waals surface area contributed by atoms with Crippen molar-refractivity contribution in [2.45, 2.75) is 13.0 Å². The van der Waals surface area contributed by atoms with Gasteiger partial charge in [-0.05, 0) is 30.7 Å². The maximum atomic E-state index is 12.7. The lowest BCUT2D eigenvalue weighted by molar-refractivity contribution is -0.385. The van der Waals surface area contributed by atoms with Gasteiger partial charge >= 0.3 is 0 Å². The van der Waals surface area contributed by atoms with Gasteiger partial charge in [0, 0.05) is 17.2 Å². The second-order valence-electron chi connectivity index (χ2n) is 5.54. The first-order valence-corrected chi connectivity index (χ1v) is 7.71. The summed E-state index contributed by atoms with van der Waals surface area (Å²) in [7, 11) is 0. The first-order valence-electron chi connectivity index (χ1n) is 7.71. The van der Waals surface area contributed by atoms with Crippen molar-refractivity contribution in [2.24, 2.45) is 0 Å². The van der Waals surface area contributed by atoms with E-state index < -0.39 is 16.9 Å². The molecule has 0 bridgehead atoms. The van der Waals surface area contributed by atoms with E-state index in [0.717, 1.165) is 5.56 Å². The van der Waals surface area contributed by atoms with Crippen LogP contribution in [-0.4, -0.2) is 10.8 Å². The Bertz CT molecular complexity index is 889. The number of carbonyl (C=O) groups excluding carboxylic acids is 1. The zero-order valence-corrected chi connectivity index (χ0v) is 13.5. The topological polar surface area (TPSA) is 85.4 Å². The minimum absolute atomic E-state index is 0.0816. The number of hydrogen-bond acceptors (Lipinski definition) is 4. The summed E-state index contributed by atoms with van der Waals surface area (Å²) in [6.07, 6.45) is 1.54. The molecule has 1 heterocycles. The molecule has 1 amide bonds. The molecule has 1 atom stereocenters. The lowest BCUT2D eigenvalue weighted by Crippen LogP contribution is -2.29. The molecule has 0 aliphatic rings. The van der Waals surface area contributed by atoms with Crippen molar-refractivity contribution in [3.8, 4) is 0 Å². The minimum atomic E-state index is -0.493. The third-order valence-electron chi connectivity index (χ3n) is 3.98. The van der Waals surface area contributed by atoms with Crippen molar-refractivity contribution < 1.29 is 14.1 Å². The lowest BCUT2D eigenvalue weighted by Gasteiger charge is -2.18. The van der Waals surface area contributed by atoms with Crippen molar-refractivity contribution in [3.05, 3.63) is 99.5 Å². The fraction of sp³-hybridized carbons (Fsp3) is 0.105. The number of nitro benzene ring substituents is 1. The van der Waals surface area contributed by atoms with Gasteiger partial charge < -0.3 is 9.73 Å². The van der Waals surface area contributed by atoms with Crippen LogP contribution in [0.2, 0.25) is 0 Å². The van der Waals surface area contributed by atoms with Crippen LogP contribution < -0.4 is 5.32 Å². The predicted octanol–water partition coefficient (Wildman–Crippen LogP) is 4.02. The molecule has 0 aliphatic heterocycles. The summed E-state index contributed by atoms with van der Waals surface area (Å²) in [4.78, 5) is 23.3. The van der Waals surface area contributed by atoms with Crippen LogP contribution in [0.1, 0.15) is 33.3 Å². The quantitative estimate of drug-likeness (QED) is 0.563. The van der Waals surface area contributed by atoms with Gasteiger partial charge in [-0.25, -0.2) is 0 Å². The number of rotatable bonds is 5. The minimum Gasteiger partial charge on any atom is -0.467 e. The zero-order chi connectivity index (χ0) is 17.8. The molecule has 0 fully saturated rings. The van der Waals surface area contributed by atoms with Gasteiger partial charge in [0.1, 0.15) is 11.8 Å². The maximum Gasteiger partial charge on any atom is 0.273 e. The molecule has 6 nitrogen and oxygen atoms in total. The van der Waals surface area contributed by atoms with Crippen molar-refractivity contribution in [2.75, 3.05) is 0 Å². The molecular formula is C19H16N2O4. The van der Waals surface area contributed by atoms with Gasteiger partial charge in [-0.3, -0.25) is 14.9 Å². The third kappa shape index (κ3) is 3.42. The fourth-order valence-corrected chi connectivity index (χ4v) is 2.70. The Morgan fingerprint density at radius 2 is 1.84 bits per heavy atom. The highest BCUT2D eigenvalue weighted by molar-refractivity contribution is 5.97. The number of nitrogens with one attached hydrogen (secondary N) is 1. The van der Waals surface area contributed by atoms with E-state index in [1.54, 1.807) is 25.1 Å². The summed E-state index contributed by atoms with van der Waals surface area (Å²) in [6, 6.07) is 16.9. The molecule has 0 saturated heterocycles. The summed E-state index contributed by atoms with van der Waals surface area (Å²) in [5.41, 5.74) is 1.37. The van der Waals surface area contributed by atoms with Gasteiger partial charge in [-0.15, -0.1) is 0 Å². The number of nitro groups is 1. The molecule has 3 rings (SSSR count).